The second-order valence-electron chi connectivity index (χ2n) is 4.30. The van der Waals surface area contributed by atoms with Gasteiger partial charge < -0.3 is 14.4 Å². The fourth-order valence-electron chi connectivity index (χ4n) is 2.17. The van der Waals surface area contributed by atoms with Gasteiger partial charge in [-0.25, -0.2) is 0 Å². The molecule has 1 saturated heterocycles. The summed E-state index contributed by atoms with van der Waals surface area (Å²) in [5, 5.41) is 10.1. The Morgan fingerprint density at radius 3 is 2.56 bits per heavy atom. The maximum absolute atomic E-state index is 11.0. The molecule has 0 aromatic carbocycles. The number of ether oxygens (including phenoxy) is 1. The van der Waals surface area contributed by atoms with Gasteiger partial charge in [-0.2, -0.15) is 0 Å². The number of hydrogen-bond acceptors (Lipinski definition) is 3. The van der Waals surface area contributed by atoms with E-state index < -0.39 is 6.10 Å². The van der Waals surface area contributed by atoms with Crippen LogP contribution in [0.3, 0.4) is 0 Å². The average molecular weight is 223 g/mol. The maximum Gasteiger partial charge on any atom is 0.181 e. The van der Waals surface area contributed by atoms with Gasteiger partial charge in [-0.15, -0.1) is 0 Å². The highest BCUT2D eigenvalue weighted by Crippen LogP contribution is 2.34. The number of nitrogens with zero attached hydrogens (tertiary/aromatic N) is 1. The molecule has 2 rings (SSSR count). The summed E-state index contributed by atoms with van der Waals surface area (Å²) >= 11 is 0. The van der Waals surface area contributed by atoms with Crippen molar-refractivity contribution in [2.75, 3.05) is 0 Å². The monoisotopic (exact) mass is 223 g/mol. The van der Waals surface area contributed by atoms with E-state index in [4.69, 9.17) is 4.74 Å². The Morgan fingerprint density at radius 1 is 1.44 bits per heavy atom. The minimum Gasteiger partial charge on any atom is -0.388 e. The lowest BCUT2D eigenvalue weighted by Crippen LogP contribution is -2.24. The van der Waals surface area contributed by atoms with Crippen LogP contribution in [0.4, 0.5) is 0 Å². The summed E-state index contributed by atoms with van der Waals surface area (Å²) in [7, 11) is 0. The van der Waals surface area contributed by atoms with E-state index in [1.54, 1.807) is 17.0 Å². The molecule has 0 unspecified atom stereocenters. The predicted molar refractivity (Wildman–Crippen MR) is 60.1 cm³/mol. The molecule has 0 radical (unpaired) electrons. The summed E-state index contributed by atoms with van der Waals surface area (Å²) in [6.07, 6.45) is 3.38. The molecular formula is C12H17NO3. The Kier molecular flexibility index (Phi) is 3.12. The van der Waals surface area contributed by atoms with Crippen molar-refractivity contribution in [2.45, 2.75) is 38.7 Å². The average Bonchev–Trinajstić information content (AvgIpc) is 2.57. The molecule has 4 heteroatoms. The first kappa shape index (κ1) is 11.4. The van der Waals surface area contributed by atoms with Gasteiger partial charge in [0.05, 0.1) is 6.10 Å². The molecule has 0 aliphatic carbocycles. The number of pyridine rings is 1. The topological polar surface area (TPSA) is 51.5 Å². The van der Waals surface area contributed by atoms with Crippen molar-refractivity contribution >= 4 is 0 Å². The molecule has 2 heterocycles. The summed E-state index contributed by atoms with van der Waals surface area (Å²) in [5.74, 6) is 0.120. The summed E-state index contributed by atoms with van der Waals surface area (Å²) in [6, 6.07) is 2.94. The molecule has 1 aromatic rings. The summed E-state index contributed by atoms with van der Waals surface area (Å²) in [5.41, 5.74) is -0.0381. The van der Waals surface area contributed by atoms with Crippen LogP contribution in [0.5, 0.6) is 0 Å². The third-order valence-electron chi connectivity index (χ3n) is 3.25. The van der Waals surface area contributed by atoms with E-state index in [0.717, 1.165) is 6.42 Å². The maximum atomic E-state index is 11.0. The van der Waals surface area contributed by atoms with Crippen molar-refractivity contribution in [1.82, 2.24) is 4.57 Å². The van der Waals surface area contributed by atoms with Crippen LogP contribution < -0.4 is 5.43 Å². The standard InChI is InChI=1S/C12H17NO3/c1-3-10-8(2)11(15)12(16-10)13-6-4-9(14)5-7-13/h4-8,10-12,15H,3H2,1-2H3/t8-,10-,11-,12-/m1/s1. The van der Waals surface area contributed by atoms with Crippen LogP contribution in [-0.2, 0) is 4.74 Å². The predicted octanol–water partition coefficient (Wildman–Crippen LogP) is 1.15. The van der Waals surface area contributed by atoms with Crippen molar-refractivity contribution in [3.8, 4) is 0 Å². The highest BCUT2D eigenvalue weighted by Gasteiger charge is 2.40. The van der Waals surface area contributed by atoms with Crippen LogP contribution in [0.15, 0.2) is 29.3 Å². The van der Waals surface area contributed by atoms with Gasteiger partial charge in [-0.1, -0.05) is 13.8 Å². The van der Waals surface area contributed by atoms with Gasteiger partial charge in [0.25, 0.3) is 0 Å². The normalized spacial score (nSPS) is 34.2. The first-order valence-corrected chi connectivity index (χ1v) is 5.65. The number of aliphatic hydroxyl groups excluding tert-OH is 1. The van der Waals surface area contributed by atoms with E-state index in [9.17, 15) is 9.90 Å². The van der Waals surface area contributed by atoms with E-state index >= 15 is 0 Å². The van der Waals surface area contributed by atoms with Gasteiger partial charge >= 0.3 is 0 Å². The van der Waals surface area contributed by atoms with Crippen molar-refractivity contribution < 1.29 is 9.84 Å². The van der Waals surface area contributed by atoms with Crippen molar-refractivity contribution in [1.29, 1.82) is 0 Å². The quantitative estimate of drug-likeness (QED) is 0.818. The lowest BCUT2D eigenvalue weighted by Gasteiger charge is -2.18. The van der Waals surface area contributed by atoms with Gasteiger partial charge in [0.1, 0.15) is 6.10 Å². The minimum atomic E-state index is -0.521. The molecule has 1 aliphatic heterocycles. The largest absolute Gasteiger partial charge is 0.388 e. The van der Waals surface area contributed by atoms with Gasteiger partial charge in [0.15, 0.2) is 11.7 Å². The Bertz CT molecular complexity index is 394. The Labute approximate surface area is 94.5 Å². The van der Waals surface area contributed by atoms with Gasteiger partial charge in [-0.3, -0.25) is 4.79 Å². The number of hydrogen-bond donors (Lipinski definition) is 1. The van der Waals surface area contributed by atoms with E-state index in [0.29, 0.717) is 0 Å². The Hall–Kier alpha value is -1.13. The Morgan fingerprint density at radius 2 is 2.06 bits per heavy atom. The van der Waals surface area contributed by atoms with Crippen molar-refractivity contribution in [3.63, 3.8) is 0 Å². The molecule has 1 aliphatic rings. The molecule has 4 atom stereocenters. The molecule has 0 bridgehead atoms. The smallest absolute Gasteiger partial charge is 0.181 e. The third kappa shape index (κ3) is 1.90. The van der Waals surface area contributed by atoms with E-state index in [1.165, 1.54) is 12.1 Å². The van der Waals surface area contributed by atoms with Crippen LogP contribution in [0.25, 0.3) is 0 Å². The van der Waals surface area contributed by atoms with Crippen LogP contribution in [0, 0.1) is 5.92 Å². The Balaban J connectivity index is 2.22. The molecule has 0 saturated carbocycles. The fourth-order valence-corrected chi connectivity index (χ4v) is 2.17. The van der Waals surface area contributed by atoms with Crippen LogP contribution in [0.2, 0.25) is 0 Å². The molecule has 88 valence electrons. The second kappa shape index (κ2) is 4.39. The van der Waals surface area contributed by atoms with Crippen LogP contribution in [0.1, 0.15) is 26.5 Å². The van der Waals surface area contributed by atoms with Gasteiger partial charge in [0, 0.05) is 30.4 Å². The number of aromatic nitrogens is 1. The molecule has 1 fully saturated rings. The number of rotatable bonds is 2. The van der Waals surface area contributed by atoms with Crippen molar-refractivity contribution in [2.24, 2.45) is 5.92 Å². The summed E-state index contributed by atoms with van der Waals surface area (Å²) < 4.78 is 7.52. The van der Waals surface area contributed by atoms with Crippen LogP contribution in [-0.4, -0.2) is 21.9 Å². The molecule has 1 N–H and O–H groups in total. The van der Waals surface area contributed by atoms with Crippen LogP contribution >= 0.6 is 0 Å². The van der Waals surface area contributed by atoms with E-state index in [2.05, 4.69) is 0 Å². The molecule has 4 nitrogen and oxygen atoms in total. The van der Waals surface area contributed by atoms with Gasteiger partial charge in [-0.05, 0) is 6.42 Å². The SMILES string of the molecule is CC[C@H]1O[C@@H](n2ccc(=O)cc2)[C@H](O)[C@@H]1C. The fraction of sp³-hybridized carbons (Fsp3) is 0.583. The molecule has 0 spiro atoms. The molecule has 1 aromatic heterocycles. The highest BCUT2D eigenvalue weighted by molar-refractivity contribution is 4.97. The zero-order chi connectivity index (χ0) is 11.7. The molecule has 0 amide bonds. The van der Waals surface area contributed by atoms with Crippen molar-refractivity contribution in [3.05, 3.63) is 34.7 Å². The minimum absolute atomic E-state index is 0.0381. The third-order valence-corrected chi connectivity index (χ3v) is 3.25. The zero-order valence-corrected chi connectivity index (χ0v) is 9.54. The highest BCUT2D eigenvalue weighted by atomic mass is 16.5. The molecule has 16 heavy (non-hydrogen) atoms. The number of aliphatic hydroxyl groups is 1. The summed E-state index contributed by atoms with van der Waals surface area (Å²) in [6.45, 7) is 4.03. The lowest BCUT2D eigenvalue weighted by molar-refractivity contribution is -0.0379. The van der Waals surface area contributed by atoms with Gasteiger partial charge in [0.2, 0.25) is 0 Å². The molecular weight excluding hydrogens is 206 g/mol. The van der Waals surface area contributed by atoms with E-state index in [1.807, 2.05) is 13.8 Å². The first-order valence-electron chi connectivity index (χ1n) is 5.65. The summed E-state index contributed by atoms with van der Waals surface area (Å²) in [4.78, 5) is 11.0. The van der Waals surface area contributed by atoms with E-state index in [-0.39, 0.29) is 23.7 Å². The second-order valence-corrected chi connectivity index (χ2v) is 4.30. The zero-order valence-electron chi connectivity index (χ0n) is 9.54. The lowest BCUT2D eigenvalue weighted by atomic mass is 9.99. The first-order chi connectivity index (χ1) is 7.63.